The first-order valence-electron chi connectivity index (χ1n) is 36.2. The van der Waals surface area contributed by atoms with Crippen LogP contribution in [0.2, 0.25) is 0 Å². The minimum atomic E-state index is -1.85. The van der Waals surface area contributed by atoms with Gasteiger partial charge in [0, 0.05) is 123 Å². The Hall–Kier alpha value is -9.88. The van der Waals surface area contributed by atoms with Crippen LogP contribution in [0, 0.1) is 39.6 Å². The van der Waals surface area contributed by atoms with Crippen molar-refractivity contribution in [3.63, 3.8) is 0 Å². The number of hydrogen-bond acceptors (Lipinski definition) is 20. The van der Waals surface area contributed by atoms with Crippen LogP contribution in [0.3, 0.4) is 0 Å². The van der Waals surface area contributed by atoms with Crippen molar-refractivity contribution in [3.05, 3.63) is 210 Å². The molecule has 2 fully saturated rings. The van der Waals surface area contributed by atoms with Crippen molar-refractivity contribution in [2.75, 3.05) is 95.1 Å². The van der Waals surface area contributed by atoms with Gasteiger partial charge in [-0.1, -0.05) is 66.0 Å². The number of ketones is 3. The highest BCUT2D eigenvalue weighted by Crippen LogP contribution is 2.25. The van der Waals surface area contributed by atoms with Crippen molar-refractivity contribution in [2.24, 2.45) is 0 Å². The van der Waals surface area contributed by atoms with E-state index in [0.29, 0.717) is 67.6 Å². The van der Waals surface area contributed by atoms with Crippen molar-refractivity contribution in [1.82, 2.24) is 30.7 Å². The Kier molecular flexibility index (Phi) is 38.2. The summed E-state index contributed by atoms with van der Waals surface area (Å²) in [4.78, 5) is 118. The van der Waals surface area contributed by atoms with Gasteiger partial charge in [-0.05, 0) is 208 Å². The number of Topliss-reactive ketones (excluding diaryl/α,β-unsaturated/α-hetero) is 3. The minimum Gasteiger partial charge on any atom is -0.394 e. The number of carbonyl (C=O) groups excluding carboxylic acids is 9. The summed E-state index contributed by atoms with van der Waals surface area (Å²) in [5.74, 6) is 9.42. The van der Waals surface area contributed by atoms with Gasteiger partial charge in [0.25, 0.3) is 35.4 Å². The summed E-state index contributed by atoms with van der Waals surface area (Å²) in [6.07, 6.45) is 8.35. The van der Waals surface area contributed by atoms with Gasteiger partial charge in [0.2, 0.25) is 0 Å². The molecule has 6 amide bonds. The van der Waals surface area contributed by atoms with Crippen molar-refractivity contribution in [3.8, 4) is 36.0 Å². The molecule has 6 aromatic rings. The van der Waals surface area contributed by atoms with Crippen LogP contribution in [0.5, 0.6) is 0 Å². The second-order valence-electron chi connectivity index (χ2n) is 26.7. The number of nitrogens with one attached hydrogen (secondary N) is 3. The Bertz CT molecular complexity index is 4260. The van der Waals surface area contributed by atoms with Gasteiger partial charge in [0.1, 0.15) is 19.8 Å². The molecule has 2 aliphatic rings. The molecule has 10 N–H and O–H groups in total. The lowest BCUT2D eigenvalue weighted by Gasteiger charge is -2.36. The first kappa shape index (κ1) is 92.7. The summed E-state index contributed by atoms with van der Waals surface area (Å²) in [7, 11) is 8.40. The molecule has 0 spiro atoms. The molecule has 2 heterocycles. The maximum Gasteiger partial charge on any atom is 0.254 e. The van der Waals surface area contributed by atoms with Gasteiger partial charge in [-0.15, -0.1) is 6.42 Å². The molecule has 8 rings (SSSR count). The van der Waals surface area contributed by atoms with Crippen LogP contribution >= 0.6 is 22.6 Å². The van der Waals surface area contributed by atoms with Crippen molar-refractivity contribution < 1.29 is 97.8 Å². The fourth-order valence-corrected chi connectivity index (χ4v) is 11.6. The number of aliphatic hydroxyl groups excluding tert-OH is 7. The number of likely N-dealkylation sites (N-methyl/N-ethyl adjacent to an activating group) is 6. The van der Waals surface area contributed by atoms with Crippen LogP contribution in [-0.2, 0) is 67.0 Å². The summed E-state index contributed by atoms with van der Waals surface area (Å²) in [5.41, 5.74) is 2.10. The molecule has 5 unspecified atom stereocenters. The normalized spacial score (nSPS) is 15.9. The zero-order valence-corrected chi connectivity index (χ0v) is 66.7. The van der Waals surface area contributed by atoms with E-state index < -0.39 is 107 Å². The predicted molar refractivity (Wildman–Crippen MR) is 427 cm³/mol. The van der Waals surface area contributed by atoms with Crippen LogP contribution < -0.4 is 16.0 Å². The molecule has 2 aliphatic heterocycles. The number of hydrogen-bond donors (Lipinski definition) is 10. The SMILES string of the molecule is C#Cc1ccc(CC(O)CO)cc1.CNC(=O)[C@@](C)(C(=O)CO)N(C)C(=O)c1ccc(C#Cc2ccc(CC(O)CO)cc2)cc1.CNC(=O)[C@@](C)(C(=O)COC1CCCCO1)N(C)C(=O)c1ccc(C#Cc2ccc(CC(O)CO)cc2)cc1.CNC(=O)[C@@](C)(C(=O)COC1CCCCO1)N(C)C(=O)c1ccc(I)cc1. The maximum atomic E-state index is 13.3. The molecule has 26 nitrogen and oxygen atoms in total. The first-order valence-corrected chi connectivity index (χ1v) is 37.3. The molecule has 2 saturated heterocycles. The molecule has 6 aromatic carbocycles. The lowest BCUT2D eigenvalue weighted by Crippen LogP contribution is -2.62. The summed E-state index contributed by atoms with van der Waals surface area (Å²) in [6, 6.07) is 41.9. The third-order valence-corrected chi connectivity index (χ3v) is 19.6. The summed E-state index contributed by atoms with van der Waals surface area (Å²) in [5, 5.41) is 71.3. The van der Waals surface area contributed by atoms with E-state index in [1.165, 1.54) is 68.0 Å². The van der Waals surface area contributed by atoms with Crippen LogP contribution in [0.15, 0.2) is 146 Å². The standard InChI is InChI=1S/C30H36N2O7.C25H28N2O6.C19H25IN2O5.C11H12O2/c1-30(29(37)31-2,26(35)20-39-27-6-4-5-17-38-27)32(3)28(36)24-15-13-22(14-16-24)8-7-21-9-11-23(12-10-21)18-25(34)19-33;1-25(22(31)16-29,24(33)26-2)27(3)23(32)20-12-10-18(11-13-20)5-4-17-6-8-19(9-7-17)14-21(30)15-28;1-19(18(25)21-2,15(23)12-27-16-6-4-5-11-26-16)22(3)17(24)13-7-9-14(20)10-8-13;1-2-9-3-5-10(6-4-9)7-11(13)8-12/h9-16,25,27,33-34H,4-6,17-20H2,1-3H3,(H,31,37);6-13,21,28-30H,14-16H2,1-3H3,(H,26,33);7-10,16H,4-6,11-12H2,1-3H3,(H,21,25);1,3-6,11-13H,7-8H2/t25?,27?,30-;21?,25-;16?,19-;/m111./s1. The number of aliphatic hydroxyl groups is 7. The van der Waals surface area contributed by atoms with Crippen LogP contribution in [0.1, 0.15) is 135 Å². The van der Waals surface area contributed by atoms with Crippen molar-refractivity contribution in [2.45, 2.75) is 126 Å². The molecule has 0 aromatic heterocycles. The van der Waals surface area contributed by atoms with E-state index in [-0.39, 0.29) is 38.6 Å². The second-order valence-corrected chi connectivity index (χ2v) is 28.0. The van der Waals surface area contributed by atoms with Crippen molar-refractivity contribution >= 4 is 75.4 Å². The maximum absolute atomic E-state index is 13.3. The van der Waals surface area contributed by atoms with Gasteiger partial charge < -0.3 is 85.3 Å². The molecule has 598 valence electrons. The van der Waals surface area contributed by atoms with Crippen molar-refractivity contribution in [1.29, 1.82) is 0 Å². The quantitative estimate of drug-likeness (QED) is 0.0186. The lowest BCUT2D eigenvalue weighted by atomic mass is 9.92. The molecule has 0 aliphatic carbocycles. The van der Waals surface area contributed by atoms with E-state index in [0.717, 1.165) is 72.4 Å². The number of ether oxygens (including phenoxy) is 4. The molecule has 112 heavy (non-hydrogen) atoms. The predicted octanol–water partition coefficient (Wildman–Crippen LogP) is 4.34. The number of halogens is 1. The summed E-state index contributed by atoms with van der Waals surface area (Å²) < 4.78 is 23.1. The molecule has 0 saturated carbocycles. The number of amides is 6. The smallest absolute Gasteiger partial charge is 0.254 e. The van der Waals surface area contributed by atoms with Gasteiger partial charge in [0.15, 0.2) is 46.5 Å². The van der Waals surface area contributed by atoms with Crippen LogP contribution in [-0.4, -0.2) is 246 Å². The Balaban J connectivity index is 0.000000281. The molecule has 0 bridgehead atoms. The van der Waals surface area contributed by atoms with E-state index in [1.807, 2.05) is 72.8 Å². The third-order valence-electron chi connectivity index (χ3n) is 18.9. The van der Waals surface area contributed by atoms with Crippen LogP contribution in [0.25, 0.3) is 0 Å². The van der Waals surface area contributed by atoms with E-state index in [1.54, 1.807) is 72.8 Å². The average Bonchev–Trinajstić information content (AvgIpc) is 0.791. The van der Waals surface area contributed by atoms with E-state index in [2.05, 4.69) is 68.1 Å². The zero-order valence-electron chi connectivity index (χ0n) is 64.5. The second kappa shape index (κ2) is 46.2. The van der Waals surface area contributed by atoms with Gasteiger partial charge in [-0.2, -0.15) is 0 Å². The first-order chi connectivity index (χ1) is 53.4. The third kappa shape index (κ3) is 26.7. The monoisotopic (exact) mass is 1650 g/mol. The minimum absolute atomic E-state index is 0.211. The summed E-state index contributed by atoms with van der Waals surface area (Å²) >= 11 is 2.14. The number of nitrogens with zero attached hydrogens (tertiary/aromatic N) is 3. The van der Waals surface area contributed by atoms with Crippen LogP contribution in [0.4, 0.5) is 0 Å². The topological polar surface area (TPSA) is 378 Å². The lowest BCUT2D eigenvalue weighted by molar-refractivity contribution is -0.174. The number of rotatable bonds is 28. The van der Waals surface area contributed by atoms with Gasteiger partial charge in [-0.3, -0.25) is 43.2 Å². The molecule has 27 heteroatoms. The van der Waals surface area contributed by atoms with Gasteiger partial charge in [0.05, 0.1) is 38.1 Å². The molecule has 8 atom stereocenters. The van der Waals surface area contributed by atoms with E-state index >= 15 is 0 Å². The highest BCUT2D eigenvalue weighted by atomic mass is 127. The molecule has 0 radical (unpaired) electrons. The Morgan fingerprint density at radius 2 is 0.714 bits per heavy atom. The highest BCUT2D eigenvalue weighted by Gasteiger charge is 2.49. The van der Waals surface area contributed by atoms with E-state index in [9.17, 15) is 58.5 Å². The van der Waals surface area contributed by atoms with Gasteiger partial charge in [-0.25, -0.2) is 0 Å². The number of benzene rings is 6. The van der Waals surface area contributed by atoms with E-state index in [4.69, 9.17) is 45.8 Å². The Morgan fingerprint density at radius 3 is 0.964 bits per heavy atom. The average molecular weight is 1650 g/mol. The summed E-state index contributed by atoms with van der Waals surface area (Å²) in [6.45, 7) is 2.96. The fourth-order valence-electron chi connectivity index (χ4n) is 11.2. The number of terminal acetylenes is 1. The zero-order chi connectivity index (χ0) is 82.7. The fraction of sp³-hybridized carbons (Fsp3) is 0.400. The largest absolute Gasteiger partial charge is 0.394 e. The van der Waals surface area contributed by atoms with Gasteiger partial charge >= 0.3 is 0 Å². The molecular weight excluding hydrogens is 1550 g/mol. The number of carbonyl (C=O) groups is 9. The Morgan fingerprint density at radius 1 is 0.446 bits per heavy atom. The molecular formula is C85H101IN6O20. The highest BCUT2D eigenvalue weighted by molar-refractivity contribution is 14.1. The Labute approximate surface area is 667 Å².